The number of nitrogens with one attached hydrogen (secondary N) is 4. The van der Waals surface area contributed by atoms with Gasteiger partial charge in [-0.25, -0.2) is 0 Å². The first-order valence-electron chi connectivity index (χ1n) is 8.69. The first kappa shape index (κ1) is 20.0. The minimum absolute atomic E-state index is 0.0778. The molecule has 0 saturated heterocycles. The van der Waals surface area contributed by atoms with Crippen LogP contribution in [0.15, 0.2) is 42.5 Å². The Morgan fingerprint density at radius 2 is 1.44 bits per heavy atom. The molecule has 0 bridgehead atoms. The Hall–Kier alpha value is -3.35. The highest BCUT2D eigenvalue weighted by atomic mass is 16.2. The molecule has 0 aliphatic rings. The van der Waals surface area contributed by atoms with Gasteiger partial charge in [0.1, 0.15) is 0 Å². The molecule has 2 aromatic carbocycles. The molecule has 0 fully saturated rings. The smallest absolute Gasteiger partial charge is 0.243 e. The molecule has 4 N–H and O–H groups in total. The highest BCUT2D eigenvalue weighted by Crippen LogP contribution is 2.20. The third-order valence-corrected chi connectivity index (χ3v) is 3.77. The van der Waals surface area contributed by atoms with Crippen molar-refractivity contribution in [1.82, 2.24) is 0 Å². The van der Waals surface area contributed by atoms with E-state index in [0.29, 0.717) is 23.5 Å². The van der Waals surface area contributed by atoms with Crippen molar-refractivity contribution >= 4 is 40.5 Å². The Morgan fingerprint density at radius 1 is 0.815 bits per heavy atom. The average molecular weight is 368 g/mol. The minimum atomic E-state index is -0.211. The number of carbonyl (C=O) groups excluding carboxylic acids is 3. The summed E-state index contributed by atoms with van der Waals surface area (Å²) in [5, 5.41) is 11.3. The third kappa shape index (κ3) is 6.47. The first-order chi connectivity index (χ1) is 12.9. The fourth-order valence-corrected chi connectivity index (χ4v) is 2.34. The first-order valence-corrected chi connectivity index (χ1v) is 8.69. The molecule has 0 atom stereocenters. The molecule has 0 spiro atoms. The molecule has 7 nitrogen and oxygen atoms in total. The normalized spacial score (nSPS) is 10.0. The van der Waals surface area contributed by atoms with Crippen LogP contribution in [-0.2, 0) is 14.4 Å². The molecule has 142 valence electrons. The van der Waals surface area contributed by atoms with Crippen LogP contribution < -0.4 is 21.3 Å². The SMILES string of the molecule is CCC(=O)Nc1cc(NC(=O)CNc2ccc(NC(C)=O)cc2)ccc1C. The van der Waals surface area contributed by atoms with Gasteiger partial charge in [0, 0.05) is 36.1 Å². The summed E-state index contributed by atoms with van der Waals surface area (Å²) in [5.74, 6) is -0.425. The Kier molecular flexibility index (Phi) is 6.93. The predicted molar refractivity (Wildman–Crippen MR) is 108 cm³/mol. The van der Waals surface area contributed by atoms with Crippen LogP contribution in [0.4, 0.5) is 22.7 Å². The fourth-order valence-electron chi connectivity index (χ4n) is 2.34. The number of benzene rings is 2. The van der Waals surface area contributed by atoms with E-state index >= 15 is 0 Å². The van der Waals surface area contributed by atoms with Gasteiger partial charge in [-0.3, -0.25) is 14.4 Å². The standard InChI is InChI=1S/C20H24N4O3/c1-4-19(26)24-18-11-17(6-5-13(18)2)23-20(27)12-21-15-7-9-16(10-8-15)22-14(3)25/h5-11,21H,4,12H2,1-3H3,(H,22,25)(H,23,27)(H,24,26). The molecular weight excluding hydrogens is 344 g/mol. The second-order valence-corrected chi connectivity index (χ2v) is 6.09. The molecule has 0 radical (unpaired) electrons. The zero-order valence-corrected chi connectivity index (χ0v) is 15.7. The fraction of sp³-hybridized carbons (Fsp3) is 0.250. The number of rotatable bonds is 7. The maximum atomic E-state index is 12.2. The van der Waals surface area contributed by atoms with Crippen LogP contribution in [0.5, 0.6) is 0 Å². The van der Waals surface area contributed by atoms with Crippen LogP contribution in [0.3, 0.4) is 0 Å². The molecule has 0 aromatic heterocycles. The Labute approximate surface area is 158 Å². The van der Waals surface area contributed by atoms with E-state index in [4.69, 9.17) is 0 Å². The maximum Gasteiger partial charge on any atom is 0.243 e. The molecule has 0 unspecified atom stereocenters. The monoisotopic (exact) mass is 368 g/mol. The predicted octanol–water partition coefficient (Wildman–Crippen LogP) is 3.35. The lowest BCUT2D eigenvalue weighted by atomic mass is 10.1. The molecule has 2 aromatic rings. The van der Waals surface area contributed by atoms with Crippen LogP contribution in [0, 0.1) is 6.92 Å². The summed E-state index contributed by atoms with van der Waals surface area (Å²) in [6, 6.07) is 12.4. The third-order valence-electron chi connectivity index (χ3n) is 3.77. The Morgan fingerprint density at radius 3 is 2.07 bits per heavy atom. The van der Waals surface area contributed by atoms with E-state index in [0.717, 1.165) is 11.3 Å². The van der Waals surface area contributed by atoms with E-state index in [1.807, 2.05) is 13.0 Å². The van der Waals surface area contributed by atoms with E-state index in [1.54, 1.807) is 43.3 Å². The maximum absolute atomic E-state index is 12.2. The van der Waals surface area contributed by atoms with Gasteiger partial charge in [-0.15, -0.1) is 0 Å². The van der Waals surface area contributed by atoms with Crippen LogP contribution in [0.2, 0.25) is 0 Å². The van der Waals surface area contributed by atoms with Crippen molar-refractivity contribution in [2.45, 2.75) is 27.2 Å². The van der Waals surface area contributed by atoms with Crippen molar-refractivity contribution in [3.63, 3.8) is 0 Å². The molecule has 3 amide bonds. The van der Waals surface area contributed by atoms with Crippen LogP contribution >= 0.6 is 0 Å². The molecule has 0 aliphatic carbocycles. The summed E-state index contributed by atoms with van der Waals surface area (Å²) >= 11 is 0. The van der Waals surface area contributed by atoms with Crippen LogP contribution in [-0.4, -0.2) is 24.3 Å². The number of carbonyl (C=O) groups is 3. The van der Waals surface area contributed by atoms with Gasteiger partial charge in [0.05, 0.1) is 6.54 Å². The molecule has 7 heteroatoms. The summed E-state index contributed by atoms with van der Waals surface area (Å²) in [6.07, 6.45) is 0.390. The van der Waals surface area contributed by atoms with Gasteiger partial charge in [0.25, 0.3) is 0 Å². The molecule has 0 heterocycles. The quantitative estimate of drug-likeness (QED) is 0.602. The minimum Gasteiger partial charge on any atom is -0.376 e. The van der Waals surface area contributed by atoms with Crippen LogP contribution in [0.25, 0.3) is 0 Å². The molecule has 0 saturated carbocycles. The van der Waals surface area contributed by atoms with E-state index in [-0.39, 0.29) is 24.3 Å². The summed E-state index contributed by atoms with van der Waals surface area (Å²) in [7, 11) is 0. The highest BCUT2D eigenvalue weighted by molar-refractivity contribution is 5.96. The number of hydrogen-bond acceptors (Lipinski definition) is 4. The average Bonchev–Trinajstić information content (AvgIpc) is 2.63. The van der Waals surface area contributed by atoms with E-state index in [2.05, 4.69) is 21.3 Å². The van der Waals surface area contributed by atoms with Gasteiger partial charge in [-0.05, 0) is 48.9 Å². The number of anilines is 4. The number of hydrogen-bond donors (Lipinski definition) is 4. The second-order valence-electron chi connectivity index (χ2n) is 6.09. The number of amides is 3. The van der Waals surface area contributed by atoms with E-state index in [9.17, 15) is 14.4 Å². The molecule has 0 aliphatic heterocycles. The van der Waals surface area contributed by atoms with Gasteiger partial charge in [0.15, 0.2) is 0 Å². The summed E-state index contributed by atoms with van der Waals surface area (Å²) < 4.78 is 0. The van der Waals surface area contributed by atoms with Gasteiger partial charge >= 0.3 is 0 Å². The van der Waals surface area contributed by atoms with Gasteiger partial charge < -0.3 is 21.3 Å². The molecule has 27 heavy (non-hydrogen) atoms. The van der Waals surface area contributed by atoms with Crippen molar-refractivity contribution in [2.75, 3.05) is 27.8 Å². The van der Waals surface area contributed by atoms with Crippen molar-refractivity contribution in [1.29, 1.82) is 0 Å². The molecular formula is C20H24N4O3. The summed E-state index contributed by atoms with van der Waals surface area (Å²) in [5.41, 5.74) is 3.67. The Bertz CT molecular complexity index is 832. The van der Waals surface area contributed by atoms with E-state index < -0.39 is 0 Å². The highest BCUT2D eigenvalue weighted by Gasteiger charge is 2.07. The van der Waals surface area contributed by atoms with E-state index in [1.165, 1.54) is 6.92 Å². The lowest BCUT2D eigenvalue weighted by Gasteiger charge is -2.12. The number of aryl methyl sites for hydroxylation is 1. The van der Waals surface area contributed by atoms with Crippen molar-refractivity contribution in [3.05, 3.63) is 48.0 Å². The zero-order valence-electron chi connectivity index (χ0n) is 15.7. The topological polar surface area (TPSA) is 99.3 Å². The van der Waals surface area contributed by atoms with Gasteiger partial charge in [0.2, 0.25) is 17.7 Å². The Balaban J connectivity index is 1.91. The largest absolute Gasteiger partial charge is 0.376 e. The molecule has 2 rings (SSSR count). The lowest BCUT2D eigenvalue weighted by molar-refractivity contribution is -0.116. The lowest BCUT2D eigenvalue weighted by Crippen LogP contribution is -2.22. The second kappa shape index (κ2) is 9.38. The van der Waals surface area contributed by atoms with Crippen molar-refractivity contribution in [2.24, 2.45) is 0 Å². The summed E-state index contributed by atoms with van der Waals surface area (Å²) in [4.78, 5) is 34.7. The zero-order chi connectivity index (χ0) is 19.8. The van der Waals surface area contributed by atoms with Gasteiger partial charge in [-0.2, -0.15) is 0 Å². The summed E-state index contributed by atoms with van der Waals surface area (Å²) in [6.45, 7) is 5.21. The van der Waals surface area contributed by atoms with Crippen molar-refractivity contribution in [3.8, 4) is 0 Å². The van der Waals surface area contributed by atoms with Crippen LogP contribution in [0.1, 0.15) is 25.8 Å². The van der Waals surface area contributed by atoms with Crippen molar-refractivity contribution < 1.29 is 14.4 Å². The van der Waals surface area contributed by atoms with Gasteiger partial charge in [-0.1, -0.05) is 13.0 Å².